The van der Waals surface area contributed by atoms with Crippen LogP contribution in [0, 0.1) is 0 Å². The van der Waals surface area contributed by atoms with Gasteiger partial charge in [-0.25, -0.2) is 9.78 Å². The summed E-state index contributed by atoms with van der Waals surface area (Å²) >= 11 is 0. The van der Waals surface area contributed by atoms with Gasteiger partial charge in [0.1, 0.15) is 23.4 Å². The van der Waals surface area contributed by atoms with E-state index in [9.17, 15) is 24.6 Å². The van der Waals surface area contributed by atoms with E-state index in [0.717, 1.165) is 11.1 Å². The molecule has 4 amide bonds. The van der Waals surface area contributed by atoms with E-state index in [1.165, 1.54) is 29.2 Å². The highest BCUT2D eigenvalue weighted by atomic mass is 16.3. The SMILES string of the molecule is CN(C)C(=O)NCc1ccc(CNC(=O)C(Cc2ccnc(N)c2)NC(=O)C(c2ccc(O)cc2)c2ccc(O)cc2)cc1. The van der Waals surface area contributed by atoms with Crippen LogP contribution in [-0.2, 0) is 29.1 Å². The Balaban J connectivity index is 1.52. The molecule has 228 valence electrons. The highest BCUT2D eigenvalue weighted by Crippen LogP contribution is 2.28. The van der Waals surface area contributed by atoms with Crippen molar-refractivity contribution in [3.8, 4) is 11.5 Å². The smallest absolute Gasteiger partial charge is 0.317 e. The normalized spacial score (nSPS) is 11.4. The van der Waals surface area contributed by atoms with Crippen molar-refractivity contribution in [2.75, 3.05) is 19.8 Å². The van der Waals surface area contributed by atoms with Gasteiger partial charge in [0.25, 0.3) is 0 Å². The number of rotatable bonds is 11. The summed E-state index contributed by atoms with van der Waals surface area (Å²) in [6.07, 6.45) is 1.70. The molecule has 0 bridgehead atoms. The van der Waals surface area contributed by atoms with Crippen LogP contribution in [0.1, 0.15) is 33.7 Å². The van der Waals surface area contributed by atoms with Crippen molar-refractivity contribution in [3.63, 3.8) is 0 Å². The third-order valence-electron chi connectivity index (χ3n) is 6.97. The van der Waals surface area contributed by atoms with Crippen molar-refractivity contribution in [1.29, 1.82) is 0 Å². The summed E-state index contributed by atoms with van der Waals surface area (Å²) in [7, 11) is 3.34. The van der Waals surface area contributed by atoms with E-state index in [4.69, 9.17) is 5.73 Å². The largest absolute Gasteiger partial charge is 0.508 e. The molecule has 11 heteroatoms. The van der Waals surface area contributed by atoms with Gasteiger partial charge < -0.3 is 36.8 Å². The monoisotopic (exact) mass is 596 g/mol. The summed E-state index contributed by atoms with van der Waals surface area (Å²) in [6.45, 7) is 0.587. The van der Waals surface area contributed by atoms with E-state index in [-0.39, 0.29) is 30.5 Å². The molecule has 0 fully saturated rings. The number of amides is 4. The predicted octanol–water partition coefficient (Wildman–Crippen LogP) is 3.02. The summed E-state index contributed by atoms with van der Waals surface area (Å²) in [5, 5.41) is 28.2. The zero-order chi connectivity index (χ0) is 31.6. The van der Waals surface area contributed by atoms with Crippen molar-refractivity contribution >= 4 is 23.7 Å². The molecular formula is C33H36N6O5. The summed E-state index contributed by atoms with van der Waals surface area (Å²) < 4.78 is 0. The zero-order valence-corrected chi connectivity index (χ0v) is 24.5. The number of aromatic nitrogens is 1. The van der Waals surface area contributed by atoms with Crippen LogP contribution in [0.25, 0.3) is 0 Å². The second kappa shape index (κ2) is 14.5. The van der Waals surface area contributed by atoms with Crippen LogP contribution in [0.3, 0.4) is 0 Å². The number of nitrogens with two attached hydrogens (primary N) is 1. The number of nitrogen functional groups attached to an aromatic ring is 1. The lowest BCUT2D eigenvalue weighted by Gasteiger charge is -2.23. The topological polar surface area (TPSA) is 170 Å². The highest BCUT2D eigenvalue weighted by molar-refractivity contribution is 5.92. The summed E-state index contributed by atoms with van der Waals surface area (Å²) in [4.78, 5) is 44.7. The first-order chi connectivity index (χ1) is 21.1. The van der Waals surface area contributed by atoms with Crippen molar-refractivity contribution in [2.45, 2.75) is 31.5 Å². The van der Waals surface area contributed by atoms with E-state index in [0.29, 0.717) is 29.1 Å². The van der Waals surface area contributed by atoms with Gasteiger partial charge in [-0.1, -0.05) is 48.5 Å². The molecule has 0 saturated heterocycles. The number of hydrogen-bond acceptors (Lipinski definition) is 7. The fourth-order valence-corrected chi connectivity index (χ4v) is 4.57. The van der Waals surface area contributed by atoms with Gasteiger partial charge in [-0.05, 0) is 64.2 Å². The third-order valence-corrected chi connectivity index (χ3v) is 6.97. The van der Waals surface area contributed by atoms with Gasteiger partial charge in [0.05, 0.1) is 5.92 Å². The summed E-state index contributed by atoms with van der Waals surface area (Å²) in [5.41, 5.74) is 9.53. The zero-order valence-electron chi connectivity index (χ0n) is 24.5. The Kier molecular flexibility index (Phi) is 10.4. The Bertz CT molecular complexity index is 1530. The van der Waals surface area contributed by atoms with Gasteiger partial charge in [-0.15, -0.1) is 0 Å². The van der Waals surface area contributed by atoms with Crippen molar-refractivity contribution in [1.82, 2.24) is 25.8 Å². The fourth-order valence-electron chi connectivity index (χ4n) is 4.57. The van der Waals surface area contributed by atoms with Crippen LogP contribution in [-0.4, -0.2) is 58.1 Å². The number of nitrogens with one attached hydrogen (secondary N) is 3. The minimum Gasteiger partial charge on any atom is -0.508 e. The Morgan fingerprint density at radius 1 is 0.750 bits per heavy atom. The molecule has 0 spiro atoms. The molecular weight excluding hydrogens is 560 g/mol. The van der Waals surface area contributed by atoms with Crippen molar-refractivity contribution in [3.05, 3.63) is 119 Å². The Labute approximate surface area is 255 Å². The molecule has 3 aromatic carbocycles. The first-order valence-corrected chi connectivity index (χ1v) is 14.0. The van der Waals surface area contributed by atoms with Gasteiger partial charge in [0.15, 0.2) is 0 Å². The van der Waals surface area contributed by atoms with E-state index >= 15 is 0 Å². The van der Waals surface area contributed by atoms with E-state index in [1.807, 2.05) is 24.3 Å². The number of carbonyl (C=O) groups is 3. The molecule has 7 N–H and O–H groups in total. The molecule has 1 atom stereocenters. The lowest BCUT2D eigenvalue weighted by Crippen LogP contribution is -2.49. The highest BCUT2D eigenvalue weighted by Gasteiger charge is 2.28. The second-order valence-corrected chi connectivity index (χ2v) is 10.6. The quantitative estimate of drug-likeness (QED) is 0.155. The number of urea groups is 1. The fraction of sp³-hybridized carbons (Fsp3) is 0.212. The van der Waals surface area contributed by atoms with Gasteiger partial charge in [-0.2, -0.15) is 0 Å². The maximum atomic E-state index is 13.9. The third kappa shape index (κ3) is 8.71. The molecule has 4 aromatic rings. The number of hydrogen-bond donors (Lipinski definition) is 6. The van der Waals surface area contributed by atoms with E-state index in [1.54, 1.807) is 56.7 Å². The maximum absolute atomic E-state index is 13.9. The molecule has 1 aromatic heterocycles. The van der Waals surface area contributed by atoms with Crippen LogP contribution in [0.15, 0.2) is 91.1 Å². The second-order valence-electron chi connectivity index (χ2n) is 10.6. The van der Waals surface area contributed by atoms with Gasteiger partial charge in [0.2, 0.25) is 11.8 Å². The number of phenols is 2. The number of benzene rings is 3. The minimum atomic E-state index is -0.957. The molecule has 0 aliphatic heterocycles. The van der Waals surface area contributed by atoms with Crippen LogP contribution in [0.2, 0.25) is 0 Å². The molecule has 0 saturated carbocycles. The first kappa shape index (κ1) is 31.4. The standard InChI is InChI=1S/C33H36N6O5/c1-39(2)33(44)37-20-22-5-3-21(4-6-22)19-36-31(42)28(17-23-15-16-35-29(34)18-23)38-32(43)30(24-7-11-26(40)12-8-24)25-9-13-27(41)14-10-25/h3-16,18,28,30,40-41H,17,19-20H2,1-2H3,(H2,34,35)(H,36,42)(H,37,44)(H,38,43). The van der Waals surface area contributed by atoms with E-state index < -0.39 is 23.8 Å². The Morgan fingerprint density at radius 3 is 1.77 bits per heavy atom. The number of anilines is 1. The van der Waals surface area contributed by atoms with Crippen molar-refractivity contribution in [2.24, 2.45) is 0 Å². The number of nitrogens with zero attached hydrogens (tertiary/aromatic N) is 2. The lowest BCUT2D eigenvalue weighted by atomic mass is 9.89. The average molecular weight is 597 g/mol. The lowest BCUT2D eigenvalue weighted by molar-refractivity contribution is -0.129. The number of phenolic OH excluding ortho intramolecular Hbond substituents is 2. The molecule has 0 radical (unpaired) electrons. The first-order valence-electron chi connectivity index (χ1n) is 14.0. The Hall–Kier alpha value is -5.58. The molecule has 0 aliphatic rings. The summed E-state index contributed by atoms with van der Waals surface area (Å²) in [6, 6.07) is 22.2. The van der Waals surface area contributed by atoms with Crippen LogP contribution in [0.4, 0.5) is 10.6 Å². The number of aromatic hydroxyl groups is 2. The summed E-state index contributed by atoms with van der Waals surface area (Å²) in [5.74, 6) is -1.26. The van der Waals surface area contributed by atoms with E-state index in [2.05, 4.69) is 20.9 Å². The number of carbonyl (C=O) groups excluding carboxylic acids is 3. The van der Waals surface area contributed by atoms with Gasteiger partial charge in [-0.3, -0.25) is 9.59 Å². The molecule has 0 aliphatic carbocycles. The van der Waals surface area contributed by atoms with Crippen molar-refractivity contribution < 1.29 is 24.6 Å². The van der Waals surface area contributed by atoms with Gasteiger partial charge >= 0.3 is 6.03 Å². The van der Waals surface area contributed by atoms with Crippen LogP contribution in [0.5, 0.6) is 11.5 Å². The maximum Gasteiger partial charge on any atom is 0.317 e. The van der Waals surface area contributed by atoms with Gasteiger partial charge in [0, 0.05) is 39.8 Å². The molecule has 1 unspecified atom stereocenters. The number of pyridine rings is 1. The molecule has 1 heterocycles. The Morgan fingerprint density at radius 2 is 1.27 bits per heavy atom. The van der Waals surface area contributed by atoms with Crippen LogP contribution >= 0.6 is 0 Å². The predicted molar refractivity (Wildman–Crippen MR) is 167 cm³/mol. The molecule has 4 rings (SSSR count). The molecule has 11 nitrogen and oxygen atoms in total. The minimum absolute atomic E-state index is 0.0532. The van der Waals surface area contributed by atoms with Crippen LogP contribution < -0.4 is 21.7 Å². The average Bonchev–Trinajstić information content (AvgIpc) is 3.01. The molecule has 44 heavy (non-hydrogen) atoms.